The van der Waals surface area contributed by atoms with E-state index in [0.29, 0.717) is 12.3 Å². The first-order valence-electron chi connectivity index (χ1n) is 5.30. The standard InChI is InChI=1S/C11H17F3N2O/c1-8-9(4-10(17-8)5-15-2)6-16(3)7-11(12,13)14/h4,15H,5-7H2,1-3H3. The number of furan rings is 1. The lowest BCUT2D eigenvalue weighted by Crippen LogP contribution is -2.30. The lowest BCUT2D eigenvalue weighted by atomic mass is 10.2. The van der Waals surface area contributed by atoms with Crippen LogP contribution in [0.2, 0.25) is 0 Å². The van der Waals surface area contributed by atoms with Crippen molar-refractivity contribution in [2.45, 2.75) is 26.2 Å². The van der Waals surface area contributed by atoms with E-state index in [1.54, 1.807) is 20.0 Å². The molecule has 17 heavy (non-hydrogen) atoms. The molecule has 0 spiro atoms. The van der Waals surface area contributed by atoms with Gasteiger partial charge in [0.15, 0.2) is 0 Å². The molecule has 1 aromatic rings. The molecular formula is C11H17F3N2O. The predicted molar refractivity (Wildman–Crippen MR) is 58.6 cm³/mol. The van der Waals surface area contributed by atoms with Crippen LogP contribution in [-0.2, 0) is 13.1 Å². The number of nitrogens with zero attached hydrogens (tertiary/aromatic N) is 1. The van der Waals surface area contributed by atoms with Gasteiger partial charge in [0.05, 0.1) is 13.1 Å². The molecule has 1 N–H and O–H groups in total. The minimum atomic E-state index is -4.17. The molecule has 1 heterocycles. The molecule has 0 radical (unpaired) electrons. The Hall–Kier alpha value is -1.01. The molecule has 0 bridgehead atoms. The molecule has 0 atom stereocenters. The zero-order chi connectivity index (χ0) is 13.1. The summed E-state index contributed by atoms with van der Waals surface area (Å²) in [6.45, 7) is 1.65. The highest BCUT2D eigenvalue weighted by Crippen LogP contribution is 2.20. The summed E-state index contributed by atoms with van der Waals surface area (Å²) >= 11 is 0. The van der Waals surface area contributed by atoms with Crippen LogP contribution in [0.3, 0.4) is 0 Å². The van der Waals surface area contributed by atoms with E-state index in [1.165, 1.54) is 11.9 Å². The van der Waals surface area contributed by atoms with Crippen molar-refractivity contribution < 1.29 is 17.6 Å². The Morgan fingerprint density at radius 3 is 2.59 bits per heavy atom. The van der Waals surface area contributed by atoms with Crippen LogP contribution in [0, 0.1) is 6.92 Å². The molecule has 0 aliphatic rings. The molecule has 0 fully saturated rings. The van der Waals surface area contributed by atoms with Crippen LogP contribution in [0.25, 0.3) is 0 Å². The largest absolute Gasteiger partial charge is 0.465 e. The molecule has 0 aliphatic carbocycles. The summed E-state index contributed by atoms with van der Waals surface area (Å²) in [5.74, 6) is 1.41. The van der Waals surface area contributed by atoms with Crippen molar-refractivity contribution in [1.29, 1.82) is 0 Å². The zero-order valence-corrected chi connectivity index (χ0v) is 10.2. The van der Waals surface area contributed by atoms with E-state index >= 15 is 0 Å². The second-order valence-electron chi connectivity index (χ2n) is 4.11. The van der Waals surface area contributed by atoms with Gasteiger partial charge in [0.2, 0.25) is 0 Å². The van der Waals surface area contributed by atoms with Crippen molar-refractivity contribution in [1.82, 2.24) is 10.2 Å². The van der Waals surface area contributed by atoms with Crippen LogP contribution in [0.5, 0.6) is 0 Å². The Balaban J connectivity index is 2.61. The summed E-state index contributed by atoms with van der Waals surface area (Å²) in [5, 5.41) is 2.93. The minimum absolute atomic E-state index is 0.235. The van der Waals surface area contributed by atoms with Crippen LogP contribution in [0.15, 0.2) is 10.5 Å². The van der Waals surface area contributed by atoms with Crippen LogP contribution in [0.1, 0.15) is 17.1 Å². The van der Waals surface area contributed by atoms with E-state index in [-0.39, 0.29) is 6.54 Å². The third-order valence-corrected chi connectivity index (χ3v) is 2.31. The first-order chi connectivity index (χ1) is 7.81. The Labute approximate surface area is 98.6 Å². The van der Waals surface area contributed by atoms with Gasteiger partial charge in [0.1, 0.15) is 11.5 Å². The zero-order valence-electron chi connectivity index (χ0n) is 10.2. The smallest absolute Gasteiger partial charge is 0.401 e. The fraction of sp³-hybridized carbons (Fsp3) is 0.636. The van der Waals surface area contributed by atoms with E-state index in [1.807, 2.05) is 0 Å². The fourth-order valence-corrected chi connectivity index (χ4v) is 1.66. The predicted octanol–water partition coefficient (Wildman–Crippen LogP) is 2.30. The molecule has 0 aliphatic heterocycles. The van der Waals surface area contributed by atoms with Gasteiger partial charge in [-0.05, 0) is 27.1 Å². The maximum atomic E-state index is 12.2. The highest BCUT2D eigenvalue weighted by atomic mass is 19.4. The Morgan fingerprint density at radius 1 is 1.41 bits per heavy atom. The Morgan fingerprint density at radius 2 is 2.06 bits per heavy atom. The SMILES string of the molecule is CNCc1cc(CN(C)CC(F)(F)F)c(C)o1. The van der Waals surface area contributed by atoms with Crippen molar-refractivity contribution in [2.24, 2.45) is 0 Å². The Kier molecular flexibility index (Phi) is 4.59. The molecule has 0 saturated heterocycles. The third-order valence-electron chi connectivity index (χ3n) is 2.31. The van der Waals surface area contributed by atoms with Crippen LogP contribution < -0.4 is 5.32 Å². The number of hydrogen-bond acceptors (Lipinski definition) is 3. The first-order valence-corrected chi connectivity index (χ1v) is 5.30. The van der Waals surface area contributed by atoms with E-state index in [4.69, 9.17) is 4.42 Å². The highest BCUT2D eigenvalue weighted by Gasteiger charge is 2.29. The summed E-state index contributed by atoms with van der Waals surface area (Å²) in [6.07, 6.45) is -4.17. The average Bonchev–Trinajstić information content (AvgIpc) is 2.44. The van der Waals surface area contributed by atoms with E-state index < -0.39 is 12.7 Å². The molecule has 0 unspecified atom stereocenters. The summed E-state index contributed by atoms with van der Waals surface area (Å²) in [7, 11) is 3.23. The molecule has 6 heteroatoms. The maximum absolute atomic E-state index is 12.2. The van der Waals surface area contributed by atoms with Gasteiger partial charge in [-0.15, -0.1) is 0 Å². The Bertz CT molecular complexity index is 360. The average molecular weight is 250 g/mol. The minimum Gasteiger partial charge on any atom is -0.465 e. The van der Waals surface area contributed by atoms with Crippen LogP contribution in [-0.4, -0.2) is 31.7 Å². The number of rotatable bonds is 5. The highest BCUT2D eigenvalue weighted by molar-refractivity contribution is 5.20. The monoisotopic (exact) mass is 250 g/mol. The molecule has 98 valence electrons. The molecule has 0 aromatic carbocycles. The quantitative estimate of drug-likeness (QED) is 0.869. The lowest BCUT2D eigenvalue weighted by molar-refractivity contribution is -0.144. The molecule has 1 aromatic heterocycles. The molecular weight excluding hydrogens is 233 g/mol. The second kappa shape index (κ2) is 5.55. The normalized spacial score (nSPS) is 12.4. The summed E-state index contributed by atoms with van der Waals surface area (Å²) in [4.78, 5) is 1.22. The second-order valence-corrected chi connectivity index (χ2v) is 4.11. The van der Waals surface area contributed by atoms with Gasteiger partial charge in [0.25, 0.3) is 0 Å². The van der Waals surface area contributed by atoms with Gasteiger partial charge in [0, 0.05) is 12.1 Å². The topological polar surface area (TPSA) is 28.4 Å². The van der Waals surface area contributed by atoms with E-state index in [9.17, 15) is 13.2 Å². The van der Waals surface area contributed by atoms with Gasteiger partial charge >= 0.3 is 6.18 Å². The summed E-state index contributed by atoms with van der Waals surface area (Å²) < 4.78 is 41.9. The van der Waals surface area contributed by atoms with Crippen molar-refractivity contribution in [3.05, 3.63) is 23.2 Å². The number of aryl methyl sites for hydroxylation is 1. The molecule has 0 saturated carbocycles. The molecule has 3 nitrogen and oxygen atoms in total. The maximum Gasteiger partial charge on any atom is 0.401 e. The van der Waals surface area contributed by atoms with Gasteiger partial charge < -0.3 is 9.73 Å². The van der Waals surface area contributed by atoms with Crippen LogP contribution in [0.4, 0.5) is 13.2 Å². The first kappa shape index (κ1) is 14.1. The van der Waals surface area contributed by atoms with Crippen molar-refractivity contribution in [3.8, 4) is 0 Å². The number of halogens is 3. The third kappa shape index (κ3) is 4.79. The fourth-order valence-electron chi connectivity index (χ4n) is 1.66. The van der Waals surface area contributed by atoms with Gasteiger partial charge in [-0.1, -0.05) is 0 Å². The van der Waals surface area contributed by atoms with Crippen LogP contribution >= 0.6 is 0 Å². The molecule has 1 rings (SSSR count). The van der Waals surface area contributed by atoms with Gasteiger partial charge in [-0.25, -0.2) is 0 Å². The van der Waals surface area contributed by atoms with Gasteiger partial charge in [-0.2, -0.15) is 13.2 Å². The number of alkyl halides is 3. The summed E-state index contributed by atoms with van der Waals surface area (Å²) in [5.41, 5.74) is 0.794. The molecule has 0 amide bonds. The van der Waals surface area contributed by atoms with E-state index in [2.05, 4.69) is 5.32 Å². The summed E-state index contributed by atoms with van der Waals surface area (Å²) in [6, 6.07) is 1.79. The number of nitrogens with one attached hydrogen (secondary N) is 1. The number of hydrogen-bond donors (Lipinski definition) is 1. The van der Waals surface area contributed by atoms with E-state index in [0.717, 1.165) is 11.3 Å². The van der Waals surface area contributed by atoms with Crippen molar-refractivity contribution in [3.63, 3.8) is 0 Å². The van der Waals surface area contributed by atoms with Crippen molar-refractivity contribution >= 4 is 0 Å². The lowest BCUT2D eigenvalue weighted by Gasteiger charge is -2.17. The van der Waals surface area contributed by atoms with Crippen molar-refractivity contribution in [2.75, 3.05) is 20.6 Å². The van der Waals surface area contributed by atoms with Gasteiger partial charge in [-0.3, -0.25) is 4.90 Å².